The summed E-state index contributed by atoms with van der Waals surface area (Å²) in [6, 6.07) is 19.3. The van der Waals surface area contributed by atoms with Crippen LogP contribution in [0.3, 0.4) is 0 Å². The number of H-pyrrole nitrogens is 1. The van der Waals surface area contributed by atoms with Crippen LogP contribution in [0.2, 0.25) is 0 Å². The minimum atomic E-state index is -0.301. The van der Waals surface area contributed by atoms with Crippen molar-refractivity contribution in [3.05, 3.63) is 84.6 Å². The molecule has 128 valence electrons. The summed E-state index contributed by atoms with van der Waals surface area (Å²) in [6.45, 7) is 0.282. The Kier molecular flexibility index (Phi) is 4.26. The molecule has 7 heteroatoms. The number of imidazole rings is 1. The molecule has 1 amide bonds. The second kappa shape index (κ2) is 7.02. The number of carbonyl (C=O) groups is 1. The number of hydrogen-bond donors (Lipinski definition) is 2. The van der Waals surface area contributed by atoms with E-state index in [-0.39, 0.29) is 18.1 Å². The summed E-state index contributed by atoms with van der Waals surface area (Å²) in [4.78, 5) is 21.2. The van der Waals surface area contributed by atoms with E-state index in [1.165, 1.54) is 11.0 Å². The summed E-state index contributed by atoms with van der Waals surface area (Å²) in [5.41, 5.74) is 3.00. The zero-order valence-electron chi connectivity index (χ0n) is 13.8. The van der Waals surface area contributed by atoms with Gasteiger partial charge in [-0.25, -0.2) is 4.98 Å². The normalized spacial score (nSPS) is 10.6. The maximum atomic E-state index is 12.3. The van der Waals surface area contributed by atoms with Crippen molar-refractivity contribution in [1.29, 1.82) is 0 Å². The number of aromatic amines is 1. The number of hydrogen-bond acceptors (Lipinski definition) is 4. The van der Waals surface area contributed by atoms with Crippen molar-refractivity contribution in [3.63, 3.8) is 0 Å². The van der Waals surface area contributed by atoms with Crippen molar-refractivity contribution in [2.24, 2.45) is 0 Å². The molecule has 0 spiro atoms. The van der Waals surface area contributed by atoms with Gasteiger partial charge in [-0.3, -0.25) is 4.79 Å². The number of aromatic nitrogens is 5. The SMILES string of the molecule is O=C(NCc1ncc(-c2ccccc2)[nH]1)c1cnn(-c2ccccc2)n1. The molecule has 2 aromatic carbocycles. The van der Waals surface area contributed by atoms with Gasteiger partial charge in [-0.2, -0.15) is 9.90 Å². The molecular formula is C19H16N6O. The van der Waals surface area contributed by atoms with Crippen LogP contribution in [-0.4, -0.2) is 30.9 Å². The summed E-state index contributed by atoms with van der Waals surface area (Å²) in [5.74, 6) is 0.373. The quantitative estimate of drug-likeness (QED) is 0.582. The lowest BCUT2D eigenvalue weighted by Gasteiger charge is -2.01. The molecule has 0 saturated carbocycles. The molecule has 7 nitrogen and oxygen atoms in total. The molecule has 0 bridgehead atoms. The first-order chi connectivity index (χ1) is 12.8. The fourth-order valence-electron chi connectivity index (χ4n) is 2.52. The van der Waals surface area contributed by atoms with E-state index < -0.39 is 0 Å². The lowest BCUT2D eigenvalue weighted by Crippen LogP contribution is -2.24. The summed E-state index contributed by atoms with van der Waals surface area (Å²) in [7, 11) is 0. The Hall–Kier alpha value is -3.74. The predicted molar refractivity (Wildman–Crippen MR) is 96.6 cm³/mol. The summed E-state index contributed by atoms with van der Waals surface area (Å²) in [6.07, 6.45) is 3.20. The molecular weight excluding hydrogens is 328 g/mol. The number of para-hydroxylation sites is 1. The fourth-order valence-corrected chi connectivity index (χ4v) is 2.52. The lowest BCUT2D eigenvalue weighted by molar-refractivity contribution is 0.0944. The maximum Gasteiger partial charge on any atom is 0.273 e. The number of rotatable bonds is 5. The van der Waals surface area contributed by atoms with Crippen LogP contribution in [0.15, 0.2) is 73.1 Å². The van der Waals surface area contributed by atoms with E-state index >= 15 is 0 Å². The topological polar surface area (TPSA) is 88.5 Å². The number of benzene rings is 2. The number of nitrogens with zero attached hydrogens (tertiary/aromatic N) is 4. The Balaban J connectivity index is 1.40. The van der Waals surface area contributed by atoms with Crippen molar-refractivity contribution in [3.8, 4) is 16.9 Å². The largest absolute Gasteiger partial charge is 0.343 e. The Labute approximate surface area is 149 Å². The molecule has 0 saturated heterocycles. The molecule has 0 aliphatic rings. The van der Waals surface area contributed by atoms with Gasteiger partial charge in [-0.15, -0.1) is 5.10 Å². The summed E-state index contributed by atoms with van der Waals surface area (Å²) in [5, 5.41) is 11.1. The van der Waals surface area contributed by atoms with Crippen LogP contribution in [0.1, 0.15) is 16.3 Å². The molecule has 0 unspecified atom stereocenters. The molecule has 0 fully saturated rings. The van der Waals surface area contributed by atoms with E-state index in [1.807, 2.05) is 60.7 Å². The van der Waals surface area contributed by atoms with Crippen molar-refractivity contribution in [2.45, 2.75) is 6.54 Å². The summed E-state index contributed by atoms with van der Waals surface area (Å²) < 4.78 is 0. The Morgan fingerprint density at radius 3 is 2.50 bits per heavy atom. The molecule has 2 N–H and O–H groups in total. The van der Waals surface area contributed by atoms with Gasteiger partial charge in [0.1, 0.15) is 5.82 Å². The van der Waals surface area contributed by atoms with Crippen LogP contribution in [0.25, 0.3) is 16.9 Å². The van der Waals surface area contributed by atoms with Gasteiger partial charge < -0.3 is 10.3 Å². The second-order valence-electron chi connectivity index (χ2n) is 5.65. The van der Waals surface area contributed by atoms with E-state index in [0.717, 1.165) is 16.9 Å². The second-order valence-corrected chi connectivity index (χ2v) is 5.65. The highest BCUT2D eigenvalue weighted by molar-refractivity contribution is 5.91. The van der Waals surface area contributed by atoms with Crippen LogP contribution in [0, 0.1) is 0 Å². The van der Waals surface area contributed by atoms with E-state index in [9.17, 15) is 4.79 Å². The number of carbonyl (C=O) groups excluding carboxylic acids is 1. The van der Waals surface area contributed by atoms with Gasteiger partial charge in [-0.1, -0.05) is 48.5 Å². The zero-order chi connectivity index (χ0) is 17.8. The van der Waals surface area contributed by atoms with Crippen molar-refractivity contribution in [2.75, 3.05) is 0 Å². The van der Waals surface area contributed by atoms with Gasteiger partial charge in [0.15, 0.2) is 5.69 Å². The summed E-state index contributed by atoms with van der Waals surface area (Å²) >= 11 is 0. The van der Waals surface area contributed by atoms with E-state index in [0.29, 0.717) is 5.82 Å². The number of amides is 1. The third kappa shape index (κ3) is 3.36. The first kappa shape index (κ1) is 15.8. The highest BCUT2D eigenvalue weighted by atomic mass is 16.2. The van der Waals surface area contributed by atoms with E-state index in [4.69, 9.17) is 0 Å². The van der Waals surface area contributed by atoms with Crippen LogP contribution >= 0.6 is 0 Å². The average Bonchev–Trinajstić information content (AvgIpc) is 3.37. The van der Waals surface area contributed by atoms with Gasteiger partial charge in [-0.05, 0) is 17.7 Å². The highest BCUT2D eigenvalue weighted by Crippen LogP contribution is 2.15. The average molecular weight is 344 g/mol. The molecule has 0 radical (unpaired) electrons. The number of nitrogens with one attached hydrogen (secondary N) is 2. The maximum absolute atomic E-state index is 12.3. The molecule has 0 atom stereocenters. The van der Waals surface area contributed by atoms with Gasteiger partial charge in [0.25, 0.3) is 5.91 Å². The predicted octanol–water partition coefficient (Wildman–Crippen LogP) is 2.59. The van der Waals surface area contributed by atoms with Crippen LogP contribution in [0.4, 0.5) is 0 Å². The molecule has 4 aromatic rings. The van der Waals surface area contributed by atoms with Crippen molar-refractivity contribution >= 4 is 5.91 Å². The van der Waals surface area contributed by atoms with Crippen molar-refractivity contribution < 1.29 is 4.79 Å². The van der Waals surface area contributed by atoms with E-state index in [2.05, 4.69) is 25.5 Å². The molecule has 4 rings (SSSR count). The highest BCUT2D eigenvalue weighted by Gasteiger charge is 2.12. The van der Waals surface area contributed by atoms with Gasteiger partial charge in [0, 0.05) is 0 Å². The monoisotopic (exact) mass is 344 g/mol. The van der Waals surface area contributed by atoms with Crippen molar-refractivity contribution in [1.82, 2.24) is 30.3 Å². The van der Waals surface area contributed by atoms with Gasteiger partial charge in [0.05, 0.1) is 30.3 Å². The first-order valence-corrected chi connectivity index (χ1v) is 8.15. The standard InChI is InChI=1S/C19H16N6O/c26-19(17-12-22-25(24-17)15-9-5-2-6-10-15)21-13-18-20-11-16(23-18)14-7-3-1-4-8-14/h1-12H,13H2,(H,20,23)(H,21,26). The molecule has 2 aromatic heterocycles. The van der Waals surface area contributed by atoms with Crippen LogP contribution < -0.4 is 5.32 Å². The molecule has 0 aliphatic carbocycles. The van der Waals surface area contributed by atoms with E-state index in [1.54, 1.807) is 6.20 Å². The van der Waals surface area contributed by atoms with Crippen LogP contribution in [0.5, 0.6) is 0 Å². The lowest BCUT2D eigenvalue weighted by atomic mass is 10.2. The zero-order valence-corrected chi connectivity index (χ0v) is 13.8. The first-order valence-electron chi connectivity index (χ1n) is 8.15. The molecule has 26 heavy (non-hydrogen) atoms. The Morgan fingerprint density at radius 1 is 1.00 bits per heavy atom. The molecule has 0 aliphatic heterocycles. The third-order valence-electron chi connectivity index (χ3n) is 3.84. The minimum absolute atomic E-state index is 0.253. The van der Waals surface area contributed by atoms with Gasteiger partial charge >= 0.3 is 0 Å². The Morgan fingerprint density at radius 2 is 1.73 bits per heavy atom. The van der Waals surface area contributed by atoms with Gasteiger partial charge in [0.2, 0.25) is 0 Å². The smallest absolute Gasteiger partial charge is 0.273 e. The fraction of sp³-hybridized carbons (Fsp3) is 0.0526. The van der Waals surface area contributed by atoms with Crippen LogP contribution in [-0.2, 0) is 6.54 Å². The molecule has 2 heterocycles. The minimum Gasteiger partial charge on any atom is -0.343 e. The Bertz CT molecular complexity index is 1010. The third-order valence-corrected chi connectivity index (χ3v) is 3.84.